The van der Waals surface area contributed by atoms with Crippen LogP contribution >= 0.6 is 23.2 Å². The van der Waals surface area contributed by atoms with Gasteiger partial charge in [-0.3, -0.25) is 4.79 Å². The molecule has 1 aromatic rings. The summed E-state index contributed by atoms with van der Waals surface area (Å²) in [6.07, 6.45) is 3.27. The van der Waals surface area contributed by atoms with Gasteiger partial charge < -0.3 is 10.6 Å². The van der Waals surface area contributed by atoms with Crippen molar-refractivity contribution in [1.29, 1.82) is 0 Å². The van der Waals surface area contributed by atoms with Crippen LogP contribution in [-0.4, -0.2) is 23.4 Å². The molecular weight excluding hydrogens is 271 g/mol. The molecule has 0 saturated carbocycles. The van der Waals surface area contributed by atoms with E-state index in [1.165, 1.54) is 6.42 Å². The molecule has 1 unspecified atom stereocenters. The van der Waals surface area contributed by atoms with Gasteiger partial charge in [0.2, 0.25) is 0 Å². The Bertz CT molecular complexity index is 453. The van der Waals surface area contributed by atoms with Gasteiger partial charge in [0.05, 0.1) is 15.7 Å². The highest BCUT2D eigenvalue weighted by molar-refractivity contribution is 6.39. The van der Waals surface area contributed by atoms with Gasteiger partial charge in [0.1, 0.15) is 0 Å². The number of piperidine rings is 1. The van der Waals surface area contributed by atoms with Gasteiger partial charge in [0, 0.05) is 18.2 Å². The highest BCUT2D eigenvalue weighted by Gasteiger charge is 2.25. The van der Waals surface area contributed by atoms with Crippen molar-refractivity contribution in [2.75, 3.05) is 12.3 Å². The lowest BCUT2D eigenvalue weighted by molar-refractivity contribution is 0.0635. The van der Waals surface area contributed by atoms with Crippen molar-refractivity contribution in [3.63, 3.8) is 0 Å². The van der Waals surface area contributed by atoms with E-state index < -0.39 is 0 Å². The standard InChI is InChI=1S/C13H16Cl2N2O/c1-8-4-2-3-5-17(8)13(18)9-6-10(14)12(16)11(15)7-9/h6-8H,2-5,16H2,1H3. The van der Waals surface area contributed by atoms with Crippen LogP contribution in [0.1, 0.15) is 36.5 Å². The summed E-state index contributed by atoms with van der Waals surface area (Å²) in [5.74, 6) is -0.0222. The molecule has 1 aromatic carbocycles. The van der Waals surface area contributed by atoms with E-state index in [0.717, 1.165) is 19.4 Å². The van der Waals surface area contributed by atoms with Crippen LogP contribution in [0, 0.1) is 0 Å². The molecule has 0 aliphatic carbocycles. The third-order valence-electron chi connectivity index (χ3n) is 3.39. The number of nitrogen functional groups attached to an aromatic ring is 1. The summed E-state index contributed by atoms with van der Waals surface area (Å²) < 4.78 is 0. The van der Waals surface area contributed by atoms with E-state index in [9.17, 15) is 4.79 Å². The molecule has 1 saturated heterocycles. The molecule has 1 atom stereocenters. The van der Waals surface area contributed by atoms with Gasteiger partial charge in [0.25, 0.3) is 5.91 Å². The van der Waals surface area contributed by atoms with Crippen molar-refractivity contribution in [2.45, 2.75) is 32.2 Å². The number of carbonyl (C=O) groups excluding carboxylic acids is 1. The molecule has 1 amide bonds. The predicted octanol–water partition coefficient (Wildman–Crippen LogP) is 3.59. The van der Waals surface area contributed by atoms with E-state index in [2.05, 4.69) is 6.92 Å². The smallest absolute Gasteiger partial charge is 0.254 e. The number of amides is 1. The number of anilines is 1. The number of hydrogen-bond acceptors (Lipinski definition) is 2. The highest BCUT2D eigenvalue weighted by atomic mass is 35.5. The maximum absolute atomic E-state index is 12.4. The zero-order chi connectivity index (χ0) is 13.3. The maximum Gasteiger partial charge on any atom is 0.254 e. The molecule has 5 heteroatoms. The lowest BCUT2D eigenvalue weighted by atomic mass is 10.0. The molecule has 1 fully saturated rings. The topological polar surface area (TPSA) is 46.3 Å². The van der Waals surface area contributed by atoms with E-state index in [1.54, 1.807) is 12.1 Å². The van der Waals surface area contributed by atoms with Gasteiger partial charge in [-0.15, -0.1) is 0 Å². The zero-order valence-corrected chi connectivity index (χ0v) is 11.8. The van der Waals surface area contributed by atoms with Crippen LogP contribution in [0.4, 0.5) is 5.69 Å². The summed E-state index contributed by atoms with van der Waals surface area (Å²) in [5, 5.41) is 0.658. The van der Waals surface area contributed by atoms with E-state index >= 15 is 0 Å². The number of carbonyl (C=O) groups is 1. The lowest BCUT2D eigenvalue weighted by Gasteiger charge is -2.33. The largest absolute Gasteiger partial charge is 0.396 e. The third-order valence-corrected chi connectivity index (χ3v) is 4.02. The van der Waals surface area contributed by atoms with Crippen LogP contribution in [0.25, 0.3) is 0 Å². The first-order chi connectivity index (χ1) is 8.50. The fourth-order valence-electron chi connectivity index (χ4n) is 2.27. The second kappa shape index (κ2) is 5.37. The Labute approximate surface area is 117 Å². The van der Waals surface area contributed by atoms with Crippen molar-refractivity contribution in [2.24, 2.45) is 0 Å². The fourth-order valence-corrected chi connectivity index (χ4v) is 2.76. The average molecular weight is 287 g/mol. The zero-order valence-electron chi connectivity index (χ0n) is 10.2. The number of nitrogens with zero attached hydrogens (tertiary/aromatic N) is 1. The van der Waals surface area contributed by atoms with Gasteiger partial charge in [-0.2, -0.15) is 0 Å². The first-order valence-corrected chi connectivity index (χ1v) is 6.82. The molecule has 1 heterocycles. The average Bonchev–Trinajstić information content (AvgIpc) is 2.35. The summed E-state index contributed by atoms with van der Waals surface area (Å²) >= 11 is 11.9. The summed E-state index contributed by atoms with van der Waals surface area (Å²) in [5.41, 5.74) is 6.50. The number of likely N-dealkylation sites (tertiary alicyclic amines) is 1. The van der Waals surface area contributed by atoms with Crippen molar-refractivity contribution in [1.82, 2.24) is 4.90 Å². The summed E-state index contributed by atoms with van der Waals surface area (Å²) in [7, 11) is 0. The summed E-state index contributed by atoms with van der Waals surface area (Å²) in [4.78, 5) is 14.3. The van der Waals surface area contributed by atoms with Gasteiger partial charge in [-0.1, -0.05) is 23.2 Å². The van der Waals surface area contributed by atoms with Gasteiger partial charge in [-0.05, 0) is 38.3 Å². The van der Waals surface area contributed by atoms with Crippen LogP contribution in [0.3, 0.4) is 0 Å². The second-order valence-electron chi connectivity index (χ2n) is 4.70. The Morgan fingerprint density at radius 2 is 1.94 bits per heavy atom. The molecule has 0 bridgehead atoms. The van der Waals surface area contributed by atoms with E-state index in [0.29, 0.717) is 21.3 Å². The van der Waals surface area contributed by atoms with Crippen LogP contribution in [0.5, 0.6) is 0 Å². The van der Waals surface area contributed by atoms with Crippen LogP contribution in [0.15, 0.2) is 12.1 Å². The van der Waals surface area contributed by atoms with E-state index in [4.69, 9.17) is 28.9 Å². The monoisotopic (exact) mass is 286 g/mol. The first-order valence-electron chi connectivity index (χ1n) is 6.06. The molecular formula is C13H16Cl2N2O. The molecule has 18 heavy (non-hydrogen) atoms. The number of rotatable bonds is 1. The summed E-state index contributed by atoms with van der Waals surface area (Å²) in [6, 6.07) is 3.44. The Balaban J connectivity index is 2.28. The Hall–Kier alpha value is -0.930. The molecule has 2 rings (SSSR count). The Kier molecular flexibility index (Phi) is 4.03. The number of nitrogens with two attached hydrogens (primary N) is 1. The molecule has 1 aliphatic heterocycles. The molecule has 0 radical (unpaired) electrons. The molecule has 0 spiro atoms. The third kappa shape index (κ3) is 2.57. The highest BCUT2D eigenvalue weighted by Crippen LogP contribution is 2.30. The molecule has 3 nitrogen and oxygen atoms in total. The predicted molar refractivity (Wildman–Crippen MR) is 75.2 cm³/mol. The Morgan fingerprint density at radius 1 is 1.33 bits per heavy atom. The summed E-state index contributed by atoms with van der Waals surface area (Å²) in [6.45, 7) is 2.86. The quantitative estimate of drug-likeness (QED) is 0.802. The molecule has 0 aromatic heterocycles. The van der Waals surface area contributed by atoms with E-state index in [1.807, 2.05) is 4.90 Å². The second-order valence-corrected chi connectivity index (χ2v) is 5.51. The lowest BCUT2D eigenvalue weighted by Crippen LogP contribution is -2.42. The van der Waals surface area contributed by atoms with Crippen molar-refractivity contribution in [3.8, 4) is 0 Å². The normalized spacial score (nSPS) is 19.9. The maximum atomic E-state index is 12.4. The minimum Gasteiger partial charge on any atom is -0.396 e. The Morgan fingerprint density at radius 3 is 2.50 bits per heavy atom. The molecule has 98 valence electrons. The SMILES string of the molecule is CC1CCCCN1C(=O)c1cc(Cl)c(N)c(Cl)c1. The van der Waals surface area contributed by atoms with Crippen LogP contribution in [0.2, 0.25) is 10.0 Å². The fraction of sp³-hybridized carbons (Fsp3) is 0.462. The first kappa shape index (κ1) is 13.5. The van der Waals surface area contributed by atoms with Gasteiger partial charge in [0.15, 0.2) is 0 Å². The van der Waals surface area contributed by atoms with Gasteiger partial charge in [-0.25, -0.2) is 0 Å². The van der Waals surface area contributed by atoms with Crippen molar-refractivity contribution < 1.29 is 4.79 Å². The van der Waals surface area contributed by atoms with Crippen molar-refractivity contribution in [3.05, 3.63) is 27.7 Å². The minimum atomic E-state index is -0.0222. The molecule has 2 N–H and O–H groups in total. The molecule has 1 aliphatic rings. The van der Waals surface area contributed by atoms with Gasteiger partial charge >= 0.3 is 0 Å². The minimum absolute atomic E-state index is 0.0222. The number of hydrogen-bond donors (Lipinski definition) is 1. The number of benzene rings is 1. The van der Waals surface area contributed by atoms with E-state index in [-0.39, 0.29) is 11.9 Å². The van der Waals surface area contributed by atoms with Crippen LogP contribution < -0.4 is 5.73 Å². The number of halogens is 2. The van der Waals surface area contributed by atoms with Crippen molar-refractivity contribution >= 4 is 34.8 Å². The van der Waals surface area contributed by atoms with Crippen LogP contribution in [-0.2, 0) is 0 Å².